The van der Waals surface area contributed by atoms with Crippen molar-refractivity contribution in [1.82, 2.24) is 10.2 Å². The molecule has 2 amide bonds. The molecule has 0 saturated carbocycles. The van der Waals surface area contributed by atoms with Crippen molar-refractivity contribution in [3.8, 4) is 0 Å². The smallest absolute Gasteiger partial charge is 0.238 e. The highest BCUT2D eigenvalue weighted by Gasteiger charge is 2.28. The van der Waals surface area contributed by atoms with Gasteiger partial charge in [0.15, 0.2) is 0 Å². The van der Waals surface area contributed by atoms with Gasteiger partial charge in [0, 0.05) is 24.4 Å². The van der Waals surface area contributed by atoms with Gasteiger partial charge in [-0.2, -0.15) is 0 Å². The van der Waals surface area contributed by atoms with Gasteiger partial charge in [-0.15, -0.1) is 11.8 Å². The van der Waals surface area contributed by atoms with Crippen LogP contribution in [-0.4, -0.2) is 36.1 Å². The van der Waals surface area contributed by atoms with E-state index in [9.17, 15) is 9.59 Å². The van der Waals surface area contributed by atoms with Gasteiger partial charge in [-0.3, -0.25) is 9.59 Å². The first kappa shape index (κ1) is 18.5. The van der Waals surface area contributed by atoms with Crippen LogP contribution in [0.1, 0.15) is 17.5 Å². The highest BCUT2D eigenvalue weighted by Crippen LogP contribution is 2.36. The number of carbonyl (C=O) groups excluding carboxylic acids is 2. The van der Waals surface area contributed by atoms with Crippen LogP contribution in [0.25, 0.3) is 0 Å². The van der Waals surface area contributed by atoms with E-state index in [0.717, 1.165) is 22.7 Å². The van der Waals surface area contributed by atoms with Crippen molar-refractivity contribution < 1.29 is 9.59 Å². The second-order valence-corrected chi connectivity index (χ2v) is 7.82. The van der Waals surface area contributed by atoms with Crippen molar-refractivity contribution in [2.45, 2.75) is 29.7 Å². The number of para-hydroxylation sites is 1. The van der Waals surface area contributed by atoms with Crippen LogP contribution in [0.3, 0.4) is 0 Å². The fourth-order valence-electron chi connectivity index (χ4n) is 2.89. The zero-order chi connectivity index (χ0) is 18.5. The zero-order valence-corrected chi connectivity index (χ0v) is 15.8. The molecule has 1 heterocycles. The summed E-state index contributed by atoms with van der Waals surface area (Å²) >= 11 is 1.45. The third kappa shape index (κ3) is 4.65. The number of hydrogen-bond acceptors (Lipinski definition) is 4. The first-order valence-corrected chi connectivity index (χ1v) is 9.45. The molecule has 0 spiro atoms. The molecule has 2 N–H and O–H groups in total. The third-order valence-corrected chi connectivity index (χ3v) is 5.43. The molecule has 136 valence electrons. The number of rotatable bonds is 6. The van der Waals surface area contributed by atoms with Crippen LogP contribution in [0.4, 0.5) is 5.69 Å². The van der Waals surface area contributed by atoms with E-state index in [2.05, 4.69) is 21.6 Å². The van der Waals surface area contributed by atoms with Crippen molar-refractivity contribution in [2.75, 3.05) is 19.4 Å². The fourth-order valence-corrected chi connectivity index (χ4v) is 4.00. The Bertz CT molecular complexity index is 807. The summed E-state index contributed by atoms with van der Waals surface area (Å²) in [6, 6.07) is 15.7. The lowest BCUT2D eigenvalue weighted by Gasteiger charge is -2.23. The molecule has 0 radical (unpaired) electrons. The molecule has 0 aromatic heterocycles. The van der Waals surface area contributed by atoms with Gasteiger partial charge in [-0.25, -0.2) is 0 Å². The van der Waals surface area contributed by atoms with Gasteiger partial charge in [0.25, 0.3) is 0 Å². The van der Waals surface area contributed by atoms with Crippen LogP contribution in [0, 0.1) is 0 Å². The minimum absolute atomic E-state index is 0.114. The van der Waals surface area contributed by atoms with Gasteiger partial charge in [-0.1, -0.05) is 36.4 Å². The Morgan fingerprint density at radius 2 is 1.81 bits per heavy atom. The van der Waals surface area contributed by atoms with Gasteiger partial charge < -0.3 is 15.5 Å². The Balaban J connectivity index is 1.58. The largest absolute Gasteiger partial charge is 0.352 e. The minimum atomic E-state index is -0.401. The summed E-state index contributed by atoms with van der Waals surface area (Å²) in [6.07, 6.45) is 0.167. The van der Waals surface area contributed by atoms with E-state index in [4.69, 9.17) is 0 Å². The number of fused-ring (bicyclic) bond motifs is 1. The van der Waals surface area contributed by atoms with E-state index in [-0.39, 0.29) is 18.2 Å². The van der Waals surface area contributed by atoms with Crippen LogP contribution in [-0.2, 0) is 22.7 Å². The molecule has 2 aromatic carbocycles. The molecule has 1 atom stereocenters. The molecule has 0 fully saturated rings. The summed E-state index contributed by atoms with van der Waals surface area (Å²) in [5, 5.41) is 5.43. The van der Waals surface area contributed by atoms with Gasteiger partial charge >= 0.3 is 0 Å². The predicted octanol–water partition coefficient (Wildman–Crippen LogP) is 2.87. The molecule has 6 heteroatoms. The monoisotopic (exact) mass is 369 g/mol. The van der Waals surface area contributed by atoms with Gasteiger partial charge in [0.05, 0.1) is 10.9 Å². The Morgan fingerprint density at radius 3 is 2.58 bits per heavy atom. The number of nitrogens with one attached hydrogen (secondary N) is 2. The summed E-state index contributed by atoms with van der Waals surface area (Å²) < 4.78 is 0. The Morgan fingerprint density at radius 1 is 1.12 bits per heavy atom. The van der Waals surface area contributed by atoms with Gasteiger partial charge in [0.2, 0.25) is 11.8 Å². The Hall–Kier alpha value is -2.31. The van der Waals surface area contributed by atoms with Crippen molar-refractivity contribution in [1.29, 1.82) is 0 Å². The average Bonchev–Trinajstić information content (AvgIpc) is 2.61. The summed E-state index contributed by atoms with van der Waals surface area (Å²) in [6.45, 7) is 1.29. The lowest BCUT2D eigenvalue weighted by Crippen LogP contribution is -2.34. The number of benzene rings is 2. The van der Waals surface area contributed by atoms with E-state index >= 15 is 0 Å². The number of nitrogens with zero attached hydrogens (tertiary/aromatic N) is 1. The molecular formula is C20H23N3O2S. The summed E-state index contributed by atoms with van der Waals surface area (Å²) in [5.41, 5.74) is 3.11. The van der Waals surface area contributed by atoms with Crippen molar-refractivity contribution >= 4 is 29.3 Å². The predicted molar refractivity (Wildman–Crippen MR) is 105 cm³/mol. The number of anilines is 1. The summed E-state index contributed by atoms with van der Waals surface area (Å²) in [5.74, 6) is -0.228. The Labute approximate surface area is 158 Å². The van der Waals surface area contributed by atoms with E-state index in [1.165, 1.54) is 17.3 Å². The highest BCUT2D eigenvalue weighted by molar-refractivity contribution is 8.01. The lowest BCUT2D eigenvalue weighted by atomic mass is 10.1. The number of carbonyl (C=O) groups is 2. The number of hydrogen-bond donors (Lipinski definition) is 2. The van der Waals surface area contributed by atoms with Crippen LogP contribution in [0.2, 0.25) is 0 Å². The molecule has 5 nitrogen and oxygen atoms in total. The maximum atomic E-state index is 12.4. The molecule has 0 bridgehead atoms. The molecule has 0 saturated heterocycles. The van der Waals surface area contributed by atoms with Crippen molar-refractivity contribution in [2.24, 2.45) is 0 Å². The Kier molecular flexibility index (Phi) is 5.96. The first-order chi connectivity index (χ1) is 12.5. The minimum Gasteiger partial charge on any atom is -0.352 e. The van der Waals surface area contributed by atoms with E-state index < -0.39 is 5.25 Å². The maximum absolute atomic E-state index is 12.4. The first-order valence-electron chi connectivity index (χ1n) is 8.57. The maximum Gasteiger partial charge on any atom is 0.238 e. The normalized spacial score (nSPS) is 16.1. The van der Waals surface area contributed by atoms with Gasteiger partial charge in [-0.05, 0) is 37.4 Å². The molecule has 1 aliphatic rings. The van der Waals surface area contributed by atoms with Crippen LogP contribution in [0.5, 0.6) is 0 Å². The molecule has 26 heavy (non-hydrogen) atoms. The van der Waals surface area contributed by atoms with Crippen molar-refractivity contribution in [3.05, 3.63) is 59.7 Å². The third-order valence-electron chi connectivity index (χ3n) is 4.16. The fraction of sp³-hybridized carbons (Fsp3) is 0.300. The SMILES string of the molecule is CN(C)Cc1ccccc1CNC(=O)C[C@@H]1Sc2ccccc2NC1=O. The standard InChI is InChI=1S/C20H23N3O2S/c1-23(2)13-15-8-4-3-7-14(15)12-21-19(24)11-18-20(25)22-16-9-5-6-10-17(16)26-18/h3-10,18H,11-13H2,1-2H3,(H,21,24)(H,22,25)/t18-/m0/s1. The second kappa shape index (κ2) is 8.38. The average molecular weight is 369 g/mol. The van der Waals surface area contributed by atoms with E-state index in [0.29, 0.717) is 6.54 Å². The second-order valence-electron chi connectivity index (χ2n) is 6.58. The van der Waals surface area contributed by atoms with Crippen LogP contribution in [0.15, 0.2) is 53.4 Å². The summed E-state index contributed by atoms with van der Waals surface area (Å²) in [7, 11) is 4.04. The molecular weight excluding hydrogens is 346 g/mol. The van der Waals surface area contributed by atoms with Crippen molar-refractivity contribution in [3.63, 3.8) is 0 Å². The molecule has 2 aromatic rings. The molecule has 0 unspecified atom stereocenters. The molecule has 1 aliphatic heterocycles. The van der Waals surface area contributed by atoms with Crippen LogP contribution < -0.4 is 10.6 Å². The highest BCUT2D eigenvalue weighted by atomic mass is 32.2. The quantitative estimate of drug-likeness (QED) is 0.822. The number of thioether (sulfide) groups is 1. The number of amides is 2. The topological polar surface area (TPSA) is 61.4 Å². The van der Waals surface area contributed by atoms with E-state index in [1.54, 1.807) is 0 Å². The summed E-state index contributed by atoms with van der Waals surface area (Å²) in [4.78, 5) is 27.7. The van der Waals surface area contributed by atoms with E-state index in [1.807, 2.05) is 56.6 Å². The van der Waals surface area contributed by atoms with Crippen LogP contribution >= 0.6 is 11.8 Å². The molecule has 3 rings (SSSR count). The molecule has 0 aliphatic carbocycles. The zero-order valence-electron chi connectivity index (χ0n) is 15.0. The lowest BCUT2D eigenvalue weighted by molar-refractivity contribution is -0.124. The van der Waals surface area contributed by atoms with Gasteiger partial charge in [0.1, 0.15) is 0 Å².